The Kier molecular flexibility index (Phi) is 4.72. The van der Waals surface area contributed by atoms with Gasteiger partial charge in [-0.3, -0.25) is 4.79 Å². The summed E-state index contributed by atoms with van der Waals surface area (Å²) in [7, 11) is 3.82. The lowest BCUT2D eigenvalue weighted by Gasteiger charge is -2.17. The lowest BCUT2D eigenvalue weighted by molar-refractivity contribution is -0.111. The second-order valence-electron chi connectivity index (χ2n) is 4.79. The van der Waals surface area contributed by atoms with Gasteiger partial charge in [-0.15, -0.1) is 0 Å². The highest BCUT2D eigenvalue weighted by Gasteiger charge is 2.05. The molecular formula is C17H17FN2O. The average Bonchev–Trinajstić information content (AvgIpc) is 2.45. The van der Waals surface area contributed by atoms with E-state index in [0.29, 0.717) is 5.56 Å². The number of hydrogen-bond donors (Lipinski definition) is 1. The number of nitrogens with zero attached hydrogens (tertiary/aromatic N) is 1. The fourth-order valence-electron chi connectivity index (χ4n) is 1.93. The van der Waals surface area contributed by atoms with Crippen molar-refractivity contribution in [1.29, 1.82) is 0 Å². The van der Waals surface area contributed by atoms with Crippen LogP contribution in [-0.2, 0) is 4.79 Å². The number of rotatable bonds is 4. The van der Waals surface area contributed by atoms with Gasteiger partial charge < -0.3 is 10.2 Å². The number of hydrogen-bond acceptors (Lipinski definition) is 2. The predicted octanol–water partition coefficient (Wildman–Crippen LogP) is 3.54. The van der Waals surface area contributed by atoms with Crippen molar-refractivity contribution in [2.75, 3.05) is 24.3 Å². The molecule has 0 aromatic heterocycles. The summed E-state index contributed by atoms with van der Waals surface area (Å²) in [4.78, 5) is 13.9. The molecule has 4 heteroatoms. The molecule has 0 aliphatic rings. The number of carbonyl (C=O) groups excluding carboxylic acids is 1. The summed E-state index contributed by atoms with van der Waals surface area (Å²) in [6.45, 7) is 0. The largest absolute Gasteiger partial charge is 0.376 e. The van der Waals surface area contributed by atoms with Crippen LogP contribution in [0.15, 0.2) is 54.6 Å². The van der Waals surface area contributed by atoms with Gasteiger partial charge >= 0.3 is 0 Å². The Labute approximate surface area is 123 Å². The van der Waals surface area contributed by atoms with E-state index >= 15 is 0 Å². The number of amides is 1. The van der Waals surface area contributed by atoms with Crippen molar-refractivity contribution in [3.63, 3.8) is 0 Å². The van der Waals surface area contributed by atoms with Crippen LogP contribution in [0, 0.1) is 5.82 Å². The van der Waals surface area contributed by atoms with Crippen LogP contribution in [0.4, 0.5) is 15.8 Å². The van der Waals surface area contributed by atoms with Gasteiger partial charge in [0.15, 0.2) is 0 Å². The molecule has 0 aliphatic heterocycles. The van der Waals surface area contributed by atoms with Gasteiger partial charge in [-0.25, -0.2) is 4.39 Å². The first kappa shape index (κ1) is 14.8. The Morgan fingerprint density at radius 3 is 2.62 bits per heavy atom. The van der Waals surface area contributed by atoms with E-state index in [2.05, 4.69) is 5.32 Å². The Hall–Kier alpha value is -2.62. The zero-order chi connectivity index (χ0) is 15.2. The van der Waals surface area contributed by atoms with Gasteiger partial charge in [-0.1, -0.05) is 24.3 Å². The maximum Gasteiger partial charge on any atom is 0.248 e. The van der Waals surface area contributed by atoms with Crippen molar-refractivity contribution in [3.05, 3.63) is 66.0 Å². The molecule has 0 unspecified atom stereocenters. The fourth-order valence-corrected chi connectivity index (χ4v) is 1.93. The van der Waals surface area contributed by atoms with E-state index in [0.717, 1.165) is 11.4 Å². The number of nitrogens with one attached hydrogen (secondary N) is 1. The molecule has 0 radical (unpaired) electrons. The summed E-state index contributed by atoms with van der Waals surface area (Å²) in [5, 5.41) is 2.82. The second-order valence-corrected chi connectivity index (χ2v) is 4.79. The Morgan fingerprint density at radius 1 is 1.14 bits per heavy atom. The summed E-state index contributed by atoms with van der Waals surface area (Å²) >= 11 is 0. The molecule has 0 aliphatic carbocycles. The van der Waals surface area contributed by atoms with Gasteiger partial charge in [0.2, 0.25) is 5.91 Å². The van der Waals surface area contributed by atoms with Crippen molar-refractivity contribution in [2.24, 2.45) is 0 Å². The molecule has 2 aromatic carbocycles. The van der Waals surface area contributed by atoms with Crippen LogP contribution >= 0.6 is 0 Å². The molecule has 3 nitrogen and oxygen atoms in total. The zero-order valence-corrected chi connectivity index (χ0v) is 12.0. The standard InChI is InChI=1S/C17H17FN2O/c1-20(2)16-9-4-3-8-15(16)19-17(21)11-10-13-6-5-7-14(18)12-13/h3-12H,1-2H3,(H,19,21)/b11-10+. The van der Waals surface area contributed by atoms with Crippen LogP contribution in [0.2, 0.25) is 0 Å². The molecular weight excluding hydrogens is 267 g/mol. The molecule has 0 heterocycles. The summed E-state index contributed by atoms with van der Waals surface area (Å²) in [6.07, 6.45) is 2.97. The molecule has 1 N–H and O–H groups in total. The van der Waals surface area contributed by atoms with Crippen LogP contribution < -0.4 is 10.2 Å². The normalized spacial score (nSPS) is 10.6. The van der Waals surface area contributed by atoms with E-state index in [-0.39, 0.29) is 11.7 Å². The first-order chi connectivity index (χ1) is 10.1. The van der Waals surface area contributed by atoms with Crippen molar-refractivity contribution in [3.8, 4) is 0 Å². The molecule has 108 valence electrons. The minimum atomic E-state index is -0.324. The van der Waals surface area contributed by atoms with Crippen LogP contribution in [0.3, 0.4) is 0 Å². The molecule has 0 spiro atoms. The van der Waals surface area contributed by atoms with Gasteiger partial charge in [0.25, 0.3) is 0 Å². The van der Waals surface area contributed by atoms with E-state index in [1.165, 1.54) is 18.2 Å². The first-order valence-electron chi connectivity index (χ1n) is 6.57. The predicted molar refractivity (Wildman–Crippen MR) is 84.8 cm³/mol. The zero-order valence-electron chi connectivity index (χ0n) is 12.0. The maximum absolute atomic E-state index is 13.0. The molecule has 0 atom stereocenters. The minimum Gasteiger partial charge on any atom is -0.376 e. The van der Waals surface area contributed by atoms with E-state index in [1.807, 2.05) is 43.3 Å². The Balaban J connectivity index is 2.09. The summed E-state index contributed by atoms with van der Waals surface area (Å²) in [5.74, 6) is -0.580. The van der Waals surface area contributed by atoms with Crippen LogP contribution in [-0.4, -0.2) is 20.0 Å². The molecule has 2 aromatic rings. The third kappa shape index (κ3) is 4.18. The van der Waals surface area contributed by atoms with Gasteiger partial charge in [-0.2, -0.15) is 0 Å². The van der Waals surface area contributed by atoms with Crippen LogP contribution in [0.5, 0.6) is 0 Å². The molecule has 21 heavy (non-hydrogen) atoms. The van der Waals surface area contributed by atoms with Crippen molar-refractivity contribution >= 4 is 23.4 Å². The van der Waals surface area contributed by atoms with E-state index in [1.54, 1.807) is 18.2 Å². The minimum absolute atomic E-state index is 0.256. The Bertz CT molecular complexity index is 665. The van der Waals surface area contributed by atoms with Crippen LogP contribution in [0.25, 0.3) is 6.08 Å². The molecule has 1 amide bonds. The van der Waals surface area contributed by atoms with Crippen molar-refractivity contribution < 1.29 is 9.18 Å². The third-order valence-corrected chi connectivity index (χ3v) is 2.92. The average molecular weight is 284 g/mol. The SMILES string of the molecule is CN(C)c1ccccc1NC(=O)/C=C/c1cccc(F)c1. The summed E-state index contributed by atoms with van der Waals surface area (Å²) < 4.78 is 13.0. The maximum atomic E-state index is 13.0. The number of para-hydroxylation sites is 2. The summed E-state index contributed by atoms with van der Waals surface area (Å²) in [6, 6.07) is 13.6. The molecule has 0 saturated heterocycles. The number of benzene rings is 2. The lowest BCUT2D eigenvalue weighted by atomic mass is 10.2. The van der Waals surface area contributed by atoms with E-state index in [4.69, 9.17) is 0 Å². The lowest BCUT2D eigenvalue weighted by Crippen LogP contribution is -2.14. The second kappa shape index (κ2) is 6.70. The van der Waals surface area contributed by atoms with Gasteiger partial charge in [0.1, 0.15) is 5.82 Å². The number of carbonyl (C=O) groups is 1. The van der Waals surface area contributed by atoms with Gasteiger partial charge in [0, 0.05) is 20.2 Å². The topological polar surface area (TPSA) is 32.3 Å². The van der Waals surface area contributed by atoms with Gasteiger partial charge in [-0.05, 0) is 35.9 Å². The monoisotopic (exact) mass is 284 g/mol. The molecule has 0 bridgehead atoms. The number of anilines is 2. The highest BCUT2D eigenvalue weighted by atomic mass is 19.1. The quantitative estimate of drug-likeness (QED) is 0.871. The first-order valence-corrected chi connectivity index (χ1v) is 6.57. The summed E-state index contributed by atoms with van der Waals surface area (Å²) in [5.41, 5.74) is 2.30. The molecule has 0 fully saturated rings. The van der Waals surface area contributed by atoms with E-state index in [9.17, 15) is 9.18 Å². The molecule has 0 saturated carbocycles. The molecule has 2 rings (SSSR count). The van der Waals surface area contributed by atoms with Gasteiger partial charge in [0.05, 0.1) is 11.4 Å². The Morgan fingerprint density at radius 2 is 1.90 bits per heavy atom. The highest BCUT2D eigenvalue weighted by molar-refractivity contribution is 6.03. The van der Waals surface area contributed by atoms with Crippen LogP contribution in [0.1, 0.15) is 5.56 Å². The van der Waals surface area contributed by atoms with E-state index < -0.39 is 0 Å². The van der Waals surface area contributed by atoms with Crippen molar-refractivity contribution in [2.45, 2.75) is 0 Å². The van der Waals surface area contributed by atoms with Crippen molar-refractivity contribution in [1.82, 2.24) is 0 Å². The highest BCUT2D eigenvalue weighted by Crippen LogP contribution is 2.23. The fraction of sp³-hybridized carbons (Fsp3) is 0.118. The smallest absolute Gasteiger partial charge is 0.248 e. The number of halogens is 1. The third-order valence-electron chi connectivity index (χ3n) is 2.92.